The zero-order valence-electron chi connectivity index (χ0n) is 10.7. The first kappa shape index (κ1) is 13.6. The van der Waals surface area contributed by atoms with Crippen molar-refractivity contribution < 1.29 is 4.79 Å². The highest BCUT2D eigenvalue weighted by Crippen LogP contribution is 2.17. The molecule has 1 fully saturated rings. The van der Waals surface area contributed by atoms with E-state index in [1.807, 2.05) is 24.1 Å². The molecule has 1 atom stereocenters. The van der Waals surface area contributed by atoms with Gasteiger partial charge in [0, 0.05) is 30.0 Å². The molecule has 1 N–H and O–H groups in total. The second-order valence-electron chi connectivity index (χ2n) is 4.76. The number of nitrogens with one attached hydrogen (secondary N) is 1. The number of likely N-dealkylation sites (tertiary alicyclic amines) is 1. The molecule has 1 unspecified atom stereocenters. The summed E-state index contributed by atoms with van der Waals surface area (Å²) in [6.07, 6.45) is 2.64. The molecule has 0 aromatic heterocycles. The molecular formula is C14H19BrN2O. The zero-order valence-corrected chi connectivity index (χ0v) is 12.2. The van der Waals surface area contributed by atoms with Crippen molar-refractivity contribution in [2.24, 2.45) is 0 Å². The second kappa shape index (κ2) is 6.34. The summed E-state index contributed by atoms with van der Waals surface area (Å²) >= 11 is 3.46. The van der Waals surface area contributed by atoms with Gasteiger partial charge in [-0.3, -0.25) is 4.79 Å². The smallest absolute Gasteiger partial charge is 0.222 e. The van der Waals surface area contributed by atoms with Crippen molar-refractivity contribution in [1.82, 2.24) is 10.2 Å². The fourth-order valence-electron chi connectivity index (χ4n) is 2.35. The third-order valence-electron chi connectivity index (χ3n) is 3.48. The minimum Gasteiger partial charge on any atom is -0.338 e. The Morgan fingerprint density at radius 1 is 1.44 bits per heavy atom. The van der Waals surface area contributed by atoms with E-state index in [0.717, 1.165) is 23.9 Å². The number of amides is 1. The van der Waals surface area contributed by atoms with E-state index in [-0.39, 0.29) is 5.91 Å². The van der Waals surface area contributed by atoms with Crippen LogP contribution in [0.5, 0.6) is 0 Å². The lowest BCUT2D eigenvalue weighted by atomic mass is 10.1. The van der Waals surface area contributed by atoms with Gasteiger partial charge in [-0.05, 0) is 37.6 Å². The Labute approximate surface area is 117 Å². The summed E-state index contributed by atoms with van der Waals surface area (Å²) in [5.41, 5.74) is 1.18. The number of halogens is 1. The molecule has 1 aromatic carbocycles. The third kappa shape index (κ3) is 3.56. The fourth-order valence-corrected chi connectivity index (χ4v) is 2.79. The van der Waals surface area contributed by atoms with Crippen LogP contribution in [0, 0.1) is 0 Å². The Balaban J connectivity index is 2.01. The van der Waals surface area contributed by atoms with Crippen LogP contribution in [0.1, 0.15) is 24.8 Å². The van der Waals surface area contributed by atoms with Crippen molar-refractivity contribution in [3.05, 3.63) is 34.3 Å². The number of nitrogens with zero attached hydrogens (tertiary/aromatic N) is 1. The van der Waals surface area contributed by atoms with Gasteiger partial charge in [-0.2, -0.15) is 0 Å². The van der Waals surface area contributed by atoms with Crippen molar-refractivity contribution in [3.63, 3.8) is 0 Å². The first-order valence-electron chi connectivity index (χ1n) is 6.38. The van der Waals surface area contributed by atoms with Gasteiger partial charge in [0.25, 0.3) is 0 Å². The second-order valence-corrected chi connectivity index (χ2v) is 5.67. The molecule has 1 aromatic rings. The number of rotatable bonds is 3. The maximum atomic E-state index is 12.1. The van der Waals surface area contributed by atoms with Crippen LogP contribution in [0.2, 0.25) is 0 Å². The third-order valence-corrected chi connectivity index (χ3v) is 3.97. The standard InChI is InChI=1S/C14H19BrN2O/c1-16-13-5-6-14(18)17(8-7-13)10-11-3-2-4-12(15)9-11/h2-4,9,13,16H,5-8,10H2,1H3. The molecular weight excluding hydrogens is 292 g/mol. The summed E-state index contributed by atoms with van der Waals surface area (Å²) in [6.45, 7) is 1.56. The summed E-state index contributed by atoms with van der Waals surface area (Å²) in [6, 6.07) is 8.64. The van der Waals surface area contributed by atoms with Gasteiger partial charge in [0.05, 0.1) is 0 Å². The topological polar surface area (TPSA) is 32.3 Å². The van der Waals surface area contributed by atoms with Crippen LogP contribution < -0.4 is 5.32 Å². The van der Waals surface area contributed by atoms with Crippen LogP contribution in [0.15, 0.2) is 28.7 Å². The Morgan fingerprint density at radius 2 is 2.28 bits per heavy atom. The molecule has 4 heteroatoms. The Morgan fingerprint density at radius 3 is 3.00 bits per heavy atom. The molecule has 0 aliphatic carbocycles. The van der Waals surface area contributed by atoms with E-state index in [1.165, 1.54) is 5.56 Å². The van der Waals surface area contributed by atoms with Crippen LogP contribution in [-0.4, -0.2) is 30.4 Å². The predicted molar refractivity (Wildman–Crippen MR) is 76.3 cm³/mol. The van der Waals surface area contributed by atoms with Crippen LogP contribution in [0.25, 0.3) is 0 Å². The monoisotopic (exact) mass is 310 g/mol. The van der Waals surface area contributed by atoms with E-state index in [2.05, 4.69) is 33.4 Å². The van der Waals surface area contributed by atoms with Crippen molar-refractivity contribution in [3.8, 4) is 0 Å². The molecule has 1 aliphatic rings. The number of hydrogen-bond acceptors (Lipinski definition) is 2. The molecule has 1 aliphatic heterocycles. The SMILES string of the molecule is CNC1CCC(=O)N(Cc2cccc(Br)c2)CC1. The van der Waals surface area contributed by atoms with Gasteiger partial charge in [-0.25, -0.2) is 0 Å². The molecule has 1 heterocycles. The molecule has 0 radical (unpaired) electrons. The first-order chi connectivity index (χ1) is 8.69. The minimum atomic E-state index is 0.271. The van der Waals surface area contributed by atoms with Crippen LogP contribution in [0.4, 0.5) is 0 Å². The summed E-state index contributed by atoms with van der Waals surface area (Å²) in [4.78, 5) is 14.0. The summed E-state index contributed by atoms with van der Waals surface area (Å²) in [7, 11) is 1.97. The first-order valence-corrected chi connectivity index (χ1v) is 7.18. The van der Waals surface area contributed by atoms with E-state index < -0.39 is 0 Å². The molecule has 1 amide bonds. The van der Waals surface area contributed by atoms with Gasteiger partial charge in [-0.1, -0.05) is 28.1 Å². The maximum absolute atomic E-state index is 12.1. The molecule has 0 bridgehead atoms. The van der Waals surface area contributed by atoms with Gasteiger partial charge in [-0.15, -0.1) is 0 Å². The predicted octanol–water partition coefficient (Wildman–Crippen LogP) is 2.55. The van der Waals surface area contributed by atoms with Crippen molar-refractivity contribution >= 4 is 21.8 Å². The van der Waals surface area contributed by atoms with Gasteiger partial charge in [0.1, 0.15) is 0 Å². The van der Waals surface area contributed by atoms with E-state index in [9.17, 15) is 4.79 Å². The average molecular weight is 311 g/mol. The lowest BCUT2D eigenvalue weighted by molar-refractivity contribution is -0.131. The number of benzene rings is 1. The summed E-state index contributed by atoms with van der Waals surface area (Å²) in [5.74, 6) is 0.271. The summed E-state index contributed by atoms with van der Waals surface area (Å²) < 4.78 is 1.07. The van der Waals surface area contributed by atoms with Crippen molar-refractivity contribution in [1.29, 1.82) is 0 Å². The fraction of sp³-hybridized carbons (Fsp3) is 0.500. The summed E-state index contributed by atoms with van der Waals surface area (Å²) in [5, 5.41) is 3.27. The van der Waals surface area contributed by atoms with Crippen LogP contribution in [-0.2, 0) is 11.3 Å². The molecule has 1 saturated heterocycles. The highest BCUT2D eigenvalue weighted by molar-refractivity contribution is 9.10. The van der Waals surface area contributed by atoms with Gasteiger partial charge >= 0.3 is 0 Å². The quantitative estimate of drug-likeness (QED) is 0.930. The molecule has 0 saturated carbocycles. The Kier molecular flexibility index (Phi) is 4.78. The molecule has 0 spiro atoms. The molecule has 98 valence electrons. The van der Waals surface area contributed by atoms with Gasteiger partial charge in [0.15, 0.2) is 0 Å². The highest BCUT2D eigenvalue weighted by atomic mass is 79.9. The van der Waals surface area contributed by atoms with Crippen LogP contribution >= 0.6 is 15.9 Å². The van der Waals surface area contributed by atoms with Crippen molar-refractivity contribution in [2.75, 3.05) is 13.6 Å². The lowest BCUT2D eigenvalue weighted by Crippen LogP contribution is -2.30. The normalized spacial score (nSPS) is 20.9. The van der Waals surface area contributed by atoms with E-state index in [1.54, 1.807) is 0 Å². The van der Waals surface area contributed by atoms with Gasteiger partial charge in [0.2, 0.25) is 5.91 Å². The number of hydrogen-bond donors (Lipinski definition) is 1. The Hall–Kier alpha value is -0.870. The average Bonchev–Trinajstić information content (AvgIpc) is 2.53. The number of carbonyl (C=O) groups excluding carboxylic acids is 1. The molecule has 3 nitrogen and oxygen atoms in total. The Bertz CT molecular complexity index is 422. The maximum Gasteiger partial charge on any atom is 0.222 e. The molecule has 2 rings (SSSR count). The zero-order chi connectivity index (χ0) is 13.0. The van der Waals surface area contributed by atoms with E-state index >= 15 is 0 Å². The van der Waals surface area contributed by atoms with Crippen LogP contribution in [0.3, 0.4) is 0 Å². The van der Waals surface area contributed by atoms with Gasteiger partial charge < -0.3 is 10.2 Å². The van der Waals surface area contributed by atoms with E-state index in [0.29, 0.717) is 19.0 Å². The largest absolute Gasteiger partial charge is 0.338 e. The van der Waals surface area contributed by atoms with E-state index in [4.69, 9.17) is 0 Å². The van der Waals surface area contributed by atoms with Crippen molar-refractivity contribution in [2.45, 2.75) is 31.8 Å². The lowest BCUT2D eigenvalue weighted by Gasteiger charge is -2.21. The minimum absolute atomic E-state index is 0.271. The number of carbonyl (C=O) groups is 1. The highest BCUT2D eigenvalue weighted by Gasteiger charge is 2.21. The molecule has 18 heavy (non-hydrogen) atoms.